The minimum Gasteiger partial charge on any atom is -0.396 e. The number of ether oxygens (including phenoxy) is 1. The van der Waals surface area contributed by atoms with Crippen molar-refractivity contribution in [1.82, 2.24) is 15.6 Å². The minimum atomic E-state index is 0.00581. The van der Waals surface area contributed by atoms with E-state index < -0.39 is 0 Å². The van der Waals surface area contributed by atoms with Crippen molar-refractivity contribution in [2.24, 2.45) is 10.4 Å². The molecule has 23 heavy (non-hydrogen) atoms. The average molecular weight is 320 g/mol. The minimum absolute atomic E-state index is 0.00581. The first-order chi connectivity index (χ1) is 11.2. The van der Waals surface area contributed by atoms with Gasteiger partial charge in [-0.05, 0) is 38.3 Å². The molecule has 1 unspecified atom stereocenters. The molecule has 1 fully saturated rings. The van der Waals surface area contributed by atoms with Crippen molar-refractivity contribution < 1.29 is 9.84 Å². The SMILES string of the molecule is CCNC(=NCc1ncccc1C)NCC1(CCO)CCOC1. The summed E-state index contributed by atoms with van der Waals surface area (Å²) in [5, 5.41) is 16.0. The first-order valence-electron chi connectivity index (χ1n) is 8.30. The van der Waals surface area contributed by atoms with Gasteiger partial charge in [-0.15, -0.1) is 0 Å². The quantitative estimate of drug-likeness (QED) is 0.520. The van der Waals surface area contributed by atoms with E-state index in [1.807, 2.05) is 26.0 Å². The van der Waals surface area contributed by atoms with Crippen molar-refractivity contribution in [2.45, 2.75) is 33.2 Å². The number of nitrogens with one attached hydrogen (secondary N) is 2. The summed E-state index contributed by atoms with van der Waals surface area (Å²) in [6, 6.07) is 3.98. The number of aromatic nitrogens is 1. The lowest BCUT2D eigenvalue weighted by Gasteiger charge is -2.27. The first-order valence-corrected chi connectivity index (χ1v) is 8.30. The van der Waals surface area contributed by atoms with Crippen molar-refractivity contribution in [1.29, 1.82) is 0 Å². The van der Waals surface area contributed by atoms with Crippen LogP contribution in [0.1, 0.15) is 31.0 Å². The molecule has 0 saturated carbocycles. The van der Waals surface area contributed by atoms with Crippen molar-refractivity contribution in [2.75, 3.05) is 32.9 Å². The van der Waals surface area contributed by atoms with Crippen LogP contribution in [-0.4, -0.2) is 49.0 Å². The third-order valence-electron chi connectivity index (χ3n) is 4.31. The van der Waals surface area contributed by atoms with Crippen LogP contribution in [0.25, 0.3) is 0 Å². The number of aryl methyl sites for hydroxylation is 1. The molecule has 0 amide bonds. The van der Waals surface area contributed by atoms with Gasteiger partial charge in [0.1, 0.15) is 0 Å². The van der Waals surface area contributed by atoms with Crippen LogP contribution in [0.3, 0.4) is 0 Å². The molecule has 0 radical (unpaired) electrons. The Hall–Kier alpha value is -1.66. The Labute approximate surface area is 138 Å². The van der Waals surface area contributed by atoms with Crippen LogP contribution in [0.4, 0.5) is 0 Å². The van der Waals surface area contributed by atoms with Crippen LogP contribution in [0.15, 0.2) is 23.3 Å². The van der Waals surface area contributed by atoms with Crippen LogP contribution in [0, 0.1) is 12.3 Å². The molecule has 1 aromatic rings. The number of hydrogen-bond acceptors (Lipinski definition) is 4. The molecule has 1 aliphatic rings. The highest BCUT2D eigenvalue weighted by Gasteiger charge is 2.34. The summed E-state index contributed by atoms with van der Waals surface area (Å²) >= 11 is 0. The lowest BCUT2D eigenvalue weighted by atomic mass is 9.84. The van der Waals surface area contributed by atoms with Gasteiger partial charge in [0.25, 0.3) is 0 Å². The molecule has 1 aromatic heterocycles. The van der Waals surface area contributed by atoms with Crippen molar-refractivity contribution in [3.05, 3.63) is 29.6 Å². The molecule has 0 spiro atoms. The molecular formula is C17H28N4O2. The number of hydrogen-bond donors (Lipinski definition) is 3. The normalized spacial score (nSPS) is 21.4. The summed E-state index contributed by atoms with van der Waals surface area (Å²) in [7, 11) is 0. The number of guanidine groups is 1. The second-order valence-corrected chi connectivity index (χ2v) is 6.09. The highest BCUT2D eigenvalue weighted by molar-refractivity contribution is 5.79. The molecule has 2 heterocycles. The standard InChI is InChI=1S/C17H28N4O2/c1-3-18-16(20-11-15-14(2)5-4-8-19-15)21-12-17(6-9-22)7-10-23-13-17/h4-5,8,22H,3,6-7,9-13H2,1-2H3,(H2,18,20,21). The fraction of sp³-hybridized carbons (Fsp3) is 0.647. The Balaban J connectivity index is 1.97. The third kappa shape index (κ3) is 5.18. The number of pyridine rings is 1. The molecule has 1 atom stereocenters. The van der Waals surface area contributed by atoms with Gasteiger partial charge in [-0.3, -0.25) is 4.98 Å². The number of aliphatic hydroxyl groups excluding tert-OH is 1. The summed E-state index contributed by atoms with van der Waals surface area (Å²) in [5.41, 5.74) is 2.14. The van der Waals surface area contributed by atoms with E-state index >= 15 is 0 Å². The predicted molar refractivity (Wildman–Crippen MR) is 91.4 cm³/mol. The Morgan fingerprint density at radius 3 is 3.00 bits per heavy atom. The zero-order valence-corrected chi connectivity index (χ0v) is 14.1. The second-order valence-electron chi connectivity index (χ2n) is 6.09. The summed E-state index contributed by atoms with van der Waals surface area (Å²) in [6.07, 6.45) is 3.52. The molecule has 1 saturated heterocycles. The van der Waals surface area contributed by atoms with Crippen LogP contribution < -0.4 is 10.6 Å². The zero-order valence-electron chi connectivity index (χ0n) is 14.1. The van der Waals surface area contributed by atoms with Crippen molar-refractivity contribution in [3.63, 3.8) is 0 Å². The zero-order chi connectivity index (χ0) is 16.5. The van der Waals surface area contributed by atoms with Gasteiger partial charge in [0.2, 0.25) is 0 Å². The Kier molecular flexibility index (Phi) is 6.80. The van der Waals surface area contributed by atoms with Gasteiger partial charge in [-0.2, -0.15) is 0 Å². The Morgan fingerprint density at radius 2 is 2.35 bits per heavy atom. The van der Waals surface area contributed by atoms with Gasteiger partial charge < -0.3 is 20.5 Å². The van der Waals surface area contributed by atoms with Gasteiger partial charge in [-0.25, -0.2) is 4.99 Å². The summed E-state index contributed by atoms with van der Waals surface area (Å²) < 4.78 is 5.53. The molecule has 1 aliphatic heterocycles. The Bertz CT molecular complexity index is 513. The topological polar surface area (TPSA) is 78.8 Å². The predicted octanol–water partition coefficient (Wildman–Crippen LogP) is 1.23. The molecule has 0 bridgehead atoms. The van der Waals surface area contributed by atoms with E-state index in [0.717, 1.165) is 49.8 Å². The largest absolute Gasteiger partial charge is 0.396 e. The molecule has 128 valence electrons. The summed E-state index contributed by atoms with van der Waals surface area (Å²) in [4.78, 5) is 9.00. The molecule has 6 heteroatoms. The molecule has 0 aliphatic carbocycles. The van der Waals surface area contributed by atoms with Crippen LogP contribution in [0.2, 0.25) is 0 Å². The van der Waals surface area contributed by atoms with E-state index in [1.54, 1.807) is 6.20 Å². The number of rotatable bonds is 7. The molecule has 6 nitrogen and oxygen atoms in total. The number of aliphatic hydroxyl groups is 1. The lowest BCUT2D eigenvalue weighted by Crippen LogP contribution is -2.44. The Morgan fingerprint density at radius 1 is 1.48 bits per heavy atom. The van der Waals surface area contributed by atoms with Gasteiger partial charge in [-0.1, -0.05) is 6.07 Å². The van der Waals surface area contributed by atoms with Gasteiger partial charge >= 0.3 is 0 Å². The van der Waals surface area contributed by atoms with E-state index in [9.17, 15) is 5.11 Å². The number of aliphatic imine (C=N–C) groups is 1. The second kappa shape index (κ2) is 8.84. The van der Waals surface area contributed by atoms with E-state index in [4.69, 9.17) is 4.74 Å². The summed E-state index contributed by atoms with van der Waals surface area (Å²) in [5.74, 6) is 0.779. The fourth-order valence-corrected chi connectivity index (χ4v) is 2.76. The fourth-order valence-electron chi connectivity index (χ4n) is 2.76. The maximum absolute atomic E-state index is 9.31. The van der Waals surface area contributed by atoms with Gasteiger partial charge in [0.05, 0.1) is 18.8 Å². The van der Waals surface area contributed by atoms with E-state index in [0.29, 0.717) is 13.2 Å². The van der Waals surface area contributed by atoms with E-state index in [1.165, 1.54) is 0 Å². The van der Waals surface area contributed by atoms with Crippen molar-refractivity contribution in [3.8, 4) is 0 Å². The monoisotopic (exact) mass is 320 g/mol. The summed E-state index contributed by atoms with van der Waals surface area (Å²) in [6.45, 7) is 7.84. The highest BCUT2D eigenvalue weighted by Crippen LogP contribution is 2.31. The maximum Gasteiger partial charge on any atom is 0.191 e. The average Bonchev–Trinajstić information content (AvgIpc) is 3.01. The van der Waals surface area contributed by atoms with Crippen molar-refractivity contribution >= 4 is 5.96 Å². The number of nitrogens with zero attached hydrogens (tertiary/aromatic N) is 2. The molecular weight excluding hydrogens is 292 g/mol. The van der Waals surface area contributed by atoms with Crippen LogP contribution >= 0.6 is 0 Å². The van der Waals surface area contributed by atoms with Gasteiger partial charge in [0, 0.05) is 37.9 Å². The first kappa shape index (κ1) is 17.7. The lowest BCUT2D eigenvalue weighted by molar-refractivity contribution is 0.127. The van der Waals surface area contributed by atoms with E-state index in [-0.39, 0.29) is 12.0 Å². The molecule has 2 rings (SSSR count). The third-order valence-corrected chi connectivity index (χ3v) is 4.31. The van der Waals surface area contributed by atoms with Crippen LogP contribution in [0.5, 0.6) is 0 Å². The smallest absolute Gasteiger partial charge is 0.191 e. The molecule has 3 N–H and O–H groups in total. The highest BCUT2D eigenvalue weighted by atomic mass is 16.5. The van der Waals surface area contributed by atoms with Gasteiger partial charge in [0.15, 0.2) is 5.96 Å². The van der Waals surface area contributed by atoms with E-state index in [2.05, 4.69) is 20.6 Å². The van der Waals surface area contributed by atoms with Crippen LogP contribution in [-0.2, 0) is 11.3 Å². The maximum atomic E-state index is 9.31. The molecule has 0 aromatic carbocycles.